The van der Waals surface area contributed by atoms with Gasteiger partial charge in [-0.1, -0.05) is 30.3 Å². The Kier molecular flexibility index (Phi) is 4.24. The molecule has 0 heterocycles. The van der Waals surface area contributed by atoms with Crippen LogP contribution in [-0.2, 0) is 6.61 Å². The van der Waals surface area contributed by atoms with Crippen molar-refractivity contribution in [2.24, 2.45) is 0 Å². The van der Waals surface area contributed by atoms with E-state index in [1.807, 2.05) is 68.4 Å². The van der Waals surface area contributed by atoms with Crippen molar-refractivity contribution in [3.05, 3.63) is 60.2 Å². The maximum absolute atomic E-state index is 5.70. The molecule has 0 aliphatic carbocycles. The van der Waals surface area contributed by atoms with Crippen molar-refractivity contribution in [1.29, 1.82) is 0 Å². The zero-order valence-corrected chi connectivity index (χ0v) is 10.8. The average molecular weight is 242 g/mol. The van der Waals surface area contributed by atoms with Gasteiger partial charge in [-0.15, -0.1) is 0 Å². The van der Waals surface area contributed by atoms with Gasteiger partial charge in [-0.05, 0) is 43.7 Å². The van der Waals surface area contributed by atoms with Gasteiger partial charge in [0.2, 0.25) is 0 Å². The summed E-state index contributed by atoms with van der Waals surface area (Å²) in [4.78, 5) is 0. The normalized spacial score (nSPS) is 10.4. The Morgan fingerprint density at radius 3 is 2.33 bits per heavy atom. The molecule has 0 aliphatic heterocycles. The van der Waals surface area contributed by atoms with E-state index in [-0.39, 0.29) is 6.10 Å². The van der Waals surface area contributed by atoms with Crippen molar-refractivity contribution in [2.45, 2.75) is 26.6 Å². The fourth-order valence-electron chi connectivity index (χ4n) is 1.66. The highest BCUT2D eigenvalue weighted by Crippen LogP contribution is 2.17. The van der Waals surface area contributed by atoms with Gasteiger partial charge in [0.25, 0.3) is 0 Å². The van der Waals surface area contributed by atoms with Gasteiger partial charge in [0.15, 0.2) is 0 Å². The van der Waals surface area contributed by atoms with Gasteiger partial charge in [0.1, 0.15) is 18.1 Å². The van der Waals surface area contributed by atoms with Crippen molar-refractivity contribution in [3.63, 3.8) is 0 Å². The molecule has 0 aromatic heterocycles. The fraction of sp³-hybridized carbons (Fsp3) is 0.250. The van der Waals surface area contributed by atoms with Gasteiger partial charge in [-0.3, -0.25) is 0 Å². The Labute approximate surface area is 108 Å². The Balaban J connectivity index is 1.97. The summed E-state index contributed by atoms with van der Waals surface area (Å²) in [7, 11) is 0. The van der Waals surface area contributed by atoms with Crippen LogP contribution in [-0.4, -0.2) is 6.10 Å². The van der Waals surface area contributed by atoms with Crippen LogP contribution in [0.3, 0.4) is 0 Å². The van der Waals surface area contributed by atoms with Crippen molar-refractivity contribution in [2.75, 3.05) is 0 Å². The summed E-state index contributed by atoms with van der Waals surface area (Å²) >= 11 is 0. The monoisotopic (exact) mass is 242 g/mol. The molecule has 0 unspecified atom stereocenters. The first-order chi connectivity index (χ1) is 8.74. The third kappa shape index (κ3) is 3.81. The van der Waals surface area contributed by atoms with E-state index in [0.29, 0.717) is 6.61 Å². The molecule has 0 spiro atoms. The standard InChI is InChI=1S/C16H18O2/c1-13(2)18-16-10-6-7-14(11-16)12-17-15-8-4-3-5-9-15/h3-11,13H,12H2,1-2H3. The van der Waals surface area contributed by atoms with Crippen molar-refractivity contribution >= 4 is 0 Å². The van der Waals surface area contributed by atoms with E-state index >= 15 is 0 Å². The highest BCUT2D eigenvalue weighted by atomic mass is 16.5. The molecule has 2 aromatic carbocycles. The topological polar surface area (TPSA) is 18.5 Å². The van der Waals surface area contributed by atoms with Gasteiger partial charge < -0.3 is 9.47 Å². The van der Waals surface area contributed by atoms with E-state index in [1.165, 1.54) is 0 Å². The summed E-state index contributed by atoms with van der Waals surface area (Å²) in [5.41, 5.74) is 1.11. The van der Waals surface area contributed by atoms with Crippen LogP contribution in [0.2, 0.25) is 0 Å². The second-order valence-corrected chi connectivity index (χ2v) is 4.42. The second-order valence-electron chi connectivity index (χ2n) is 4.42. The van der Waals surface area contributed by atoms with Crippen LogP contribution in [0.25, 0.3) is 0 Å². The minimum atomic E-state index is 0.190. The number of hydrogen-bond acceptors (Lipinski definition) is 2. The maximum atomic E-state index is 5.70. The molecule has 0 bridgehead atoms. The highest BCUT2D eigenvalue weighted by molar-refractivity contribution is 5.29. The Hall–Kier alpha value is -1.96. The third-order valence-electron chi connectivity index (χ3n) is 2.42. The number of para-hydroxylation sites is 1. The van der Waals surface area contributed by atoms with E-state index in [0.717, 1.165) is 17.1 Å². The van der Waals surface area contributed by atoms with Gasteiger partial charge in [-0.2, -0.15) is 0 Å². The molecule has 0 saturated heterocycles. The molecule has 2 heteroatoms. The largest absolute Gasteiger partial charge is 0.491 e. The molecule has 0 aliphatic rings. The highest BCUT2D eigenvalue weighted by Gasteiger charge is 2.00. The van der Waals surface area contributed by atoms with Crippen LogP contribution in [0.4, 0.5) is 0 Å². The van der Waals surface area contributed by atoms with Crippen LogP contribution in [0.1, 0.15) is 19.4 Å². The molecule has 2 rings (SSSR count). The predicted molar refractivity (Wildman–Crippen MR) is 73.0 cm³/mol. The molecule has 0 fully saturated rings. The number of hydrogen-bond donors (Lipinski definition) is 0. The fourth-order valence-corrected chi connectivity index (χ4v) is 1.66. The molecule has 0 amide bonds. The minimum absolute atomic E-state index is 0.190. The van der Waals surface area contributed by atoms with Gasteiger partial charge >= 0.3 is 0 Å². The Morgan fingerprint density at radius 1 is 0.889 bits per heavy atom. The smallest absolute Gasteiger partial charge is 0.120 e. The summed E-state index contributed by atoms with van der Waals surface area (Å²) in [5, 5.41) is 0. The van der Waals surface area contributed by atoms with Crippen LogP contribution in [0.15, 0.2) is 54.6 Å². The van der Waals surface area contributed by atoms with Crippen molar-refractivity contribution in [1.82, 2.24) is 0 Å². The Bertz CT molecular complexity index is 477. The second kappa shape index (κ2) is 6.10. The lowest BCUT2D eigenvalue weighted by atomic mass is 10.2. The summed E-state index contributed by atoms with van der Waals surface area (Å²) in [5.74, 6) is 1.77. The first-order valence-electron chi connectivity index (χ1n) is 6.17. The minimum Gasteiger partial charge on any atom is -0.491 e. The van der Waals surface area contributed by atoms with E-state index in [2.05, 4.69) is 0 Å². The lowest BCUT2D eigenvalue weighted by molar-refractivity contribution is 0.241. The first kappa shape index (κ1) is 12.5. The molecule has 0 atom stereocenters. The van der Waals surface area contributed by atoms with E-state index in [4.69, 9.17) is 9.47 Å². The molecule has 0 radical (unpaired) electrons. The SMILES string of the molecule is CC(C)Oc1cccc(COc2ccccc2)c1. The summed E-state index contributed by atoms with van der Waals surface area (Å²) in [6.07, 6.45) is 0.190. The molecule has 18 heavy (non-hydrogen) atoms. The van der Waals surface area contributed by atoms with Crippen molar-refractivity contribution < 1.29 is 9.47 Å². The van der Waals surface area contributed by atoms with Crippen LogP contribution in [0.5, 0.6) is 11.5 Å². The molecule has 0 saturated carbocycles. The summed E-state index contributed by atoms with van der Waals surface area (Å²) < 4.78 is 11.3. The zero-order chi connectivity index (χ0) is 12.8. The lowest BCUT2D eigenvalue weighted by Gasteiger charge is -2.11. The molecule has 0 N–H and O–H groups in total. The predicted octanol–water partition coefficient (Wildman–Crippen LogP) is 4.05. The van der Waals surface area contributed by atoms with Gasteiger partial charge in [-0.25, -0.2) is 0 Å². The van der Waals surface area contributed by atoms with Crippen LogP contribution >= 0.6 is 0 Å². The number of ether oxygens (including phenoxy) is 2. The number of benzene rings is 2. The van der Waals surface area contributed by atoms with E-state index < -0.39 is 0 Å². The van der Waals surface area contributed by atoms with Gasteiger partial charge in [0, 0.05) is 0 Å². The number of rotatable bonds is 5. The Morgan fingerprint density at radius 2 is 1.61 bits per heavy atom. The molecule has 94 valence electrons. The third-order valence-corrected chi connectivity index (χ3v) is 2.42. The van der Waals surface area contributed by atoms with Gasteiger partial charge in [0.05, 0.1) is 6.10 Å². The molecule has 2 nitrogen and oxygen atoms in total. The van der Waals surface area contributed by atoms with Crippen LogP contribution < -0.4 is 9.47 Å². The molecular formula is C16H18O2. The van der Waals surface area contributed by atoms with Crippen molar-refractivity contribution in [3.8, 4) is 11.5 Å². The molecule has 2 aromatic rings. The zero-order valence-electron chi connectivity index (χ0n) is 10.8. The van der Waals surface area contributed by atoms with E-state index in [1.54, 1.807) is 0 Å². The van der Waals surface area contributed by atoms with E-state index in [9.17, 15) is 0 Å². The van der Waals surface area contributed by atoms with Crippen LogP contribution in [0, 0.1) is 0 Å². The summed E-state index contributed by atoms with van der Waals surface area (Å²) in [6.45, 7) is 4.60. The lowest BCUT2D eigenvalue weighted by Crippen LogP contribution is -2.06. The molecular weight excluding hydrogens is 224 g/mol. The maximum Gasteiger partial charge on any atom is 0.120 e. The quantitative estimate of drug-likeness (QED) is 0.787. The first-order valence-corrected chi connectivity index (χ1v) is 6.17. The summed E-state index contributed by atoms with van der Waals surface area (Å²) in [6, 6.07) is 17.8. The average Bonchev–Trinajstić information content (AvgIpc) is 2.37.